The van der Waals surface area contributed by atoms with E-state index in [2.05, 4.69) is 37.2 Å². The molecule has 17 heavy (non-hydrogen) atoms. The Balaban J connectivity index is 2.38. The SMILES string of the molecule is CCCn1ccnc1CCCC(O)C(C)(C)C. The molecule has 0 aliphatic rings. The second kappa shape index (κ2) is 6.20. The fourth-order valence-electron chi connectivity index (χ4n) is 1.90. The highest BCUT2D eigenvalue weighted by molar-refractivity contribution is 4.92. The van der Waals surface area contributed by atoms with Gasteiger partial charge in [0, 0.05) is 25.4 Å². The zero-order valence-electron chi connectivity index (χ0n) is 11.6. The molecule has 1 aromatic rings. The molecular formula is C14H26N2O. The number of aliphatic hydroxyl groups excluding tert-OH is 1. The van der Waals surface area contributed by atoms with Crippen LogP contribution in [0, 0.1) is 5.41 Å². The van der Waals surface area contributed by atoms with Crippen LogP contribution < -0.4 is 0 Å². The minimum Gasteiger partial charge on any atom is -0.393 e. The molecule has 1 rings (SSSR count). The maximum atomic E-state index is 9.96. The van der Waals surface area contributed by atoms with Crippen LogP contribution >= 0.6 is 0 Å². The Morgan fingerprint density at radius 2 is 2.12 bits per heavy atom. The number of hydrogen-bond acceptors (Lipinski definition) is 2. The molecule has 0 amide bonds. The van der Waals surface area contributed by atoms with E-state index in [1.807, 2.05) is 12.4 Å². The van der Waals surface area contributed by atoms with Crippen molar-refractivity contribution >= 4 is 0 Å². The Kier molecular flexibility index (Phi) is 5.19. The van der Waals surface area contributed by atoms with Gasteiger partial charge in [-0.2, -0.15) is 0 Å². The van der Waals surface area contributed by atoms with Gasteiger partial charge in [-0.25, -0.2) is 4.98 Å². The first-order chi connectivity index (χ1) is 7.95. The summed E-state index contributed by atoms with van der Waals surface area (Å²) in [5.41, 5.74) is -0.0150. The Morgan fingerprint density at radius 3 is 2.71 bits per heavy atom. The average molecular weight is 238 g/mol. The fraction of sp³-hybridized carbons (Fsp3) is 0.786. The van der Waals surface area contributed by atoms with Gasteiger partial charge >= 0.3 is 0 Å². The minimum atomic E-state index is -0.225. The average Bonchev–Trinajstić information content (AvgIpc) is 2.65. The van der Waals surface area contributed by atoms with Crippen LogP contribution in [0.5, 0.6) is 0 Å². The van der Waals surface area contributed by atoms with Crippen molar-refractivity contribution in [2.24, 2.45) is 5.41 Å². The first kappa shape index (κ1) is 14.2. The van der Waals surface area contributed by atoms with E-state index in [1.165, 1.54) is 0 Å². The summed E-state index contributed by atoms with van der Waals surface area (Å²) in [6.45, 7) is 9.45. The van der Waals surface area contributed by atoms with Gasteiger partial charge in [0.05, 0.1) is 6.10 Å². The predicted molar refractivity (Wildman–Crippen MR) is 70.9 cm³/mol. The number of hydrogen-bond donors (Lipinski definition) is 1. The molecule has 3 heteroatoms. The van der Waals surface area contributed by atoms with Gasteiger partial charge in [0.2, 0.25) is 0 Å². The van der Waals surface area contributed by atoms with Gasteiger partial charge in [0.25, 0.3) is 0 Å². The summed E-state index contributed by atoms with van der Waals surface area (Å²) in [5.74, 6) is 1.15. The number of aryl methyl sites for hydroxylation is 2. The summed E-state index contributed by atoms with van der Waals surface area (Å²) < 4.78 is 2.21. The van der Waals surface area contributed by atoms with Crippen molar-refractivity contribution in [1.82, 2.24) is 9.55 Å². The van der Waals surface area contributed by atoms with E-state index in [1.54, 1.807) is 0 Å². The minimum absolute atomic E-state index is 0.0150. The molecule has 98 valence electrons. The van der Waals surface area contributed by atoms with Crippen LogP contribution in [0.3, 0.4) is 0 Å². The van der Waals surface area contributed by atoms with Gasteiger partial charge in [-0.1, -0.05) is 27.7 Å². The maximum absolute atomic E-state index is 9.96. The molecule has 0 saturated carbocycles. The van der Waals surface area contributed by atoms with Gasteiger partial charge in [-0.05, 0) is 24.7 Å². The molecular weight excluding hydrogens is 212 g/mol. The van der Waals surface area contributed by atoms with E-state index in [4.69, 9.17) is 0 Å². The van der Waals surface area contributed by atoms with Crippen LogP contribution in [-0.2, 0) is 13.0 Å². The monoisotopic (exact) mass is 238 g/mol. The Hall–Kier alpha value is -0.830. The van der Waals surface area contributed by atoms with Crippen molar-refractivity contribution in [1.29, 1.82) is 0 Å². The van der Waals surface area contributed by atoms with E-state index < -0.39 is 0 Å². The summed E-state index contributed by atoms with van der Waals surface area (Å²) in [5, 5.41) is 9.96. The third kappa shape index (κ3) is 4.50. The summed E-state index contributed by atoms with van der Waals surface area (Å²) in [6.07, 6.45) is 7.62. The summed E-state index contributed by atoms with van der Waals surface area (Å²) in [6, 6.07) is 0. The molecule has 0 bridgehead atoms. The van der Waals surface area contributed by atoms with Gasteiger partial charge in [0.15, 0.2) is 0 Å². The van der Waals surface area contributed by atoms with E-state index >= 15 is 0 Å². The second-order valence-corrected chi connectivity index (χ2v) is 5.81. The number of nitrogens with zero attached hydrogens (tertiary/aromatic N) is 2. The normalized spacial score (nSPS) is 13.9. The highest BCUT2D eigenvalue weighted by atomic mass is 16.3. The lowest BCUT2D eigenvalue weighted by Gasteiger charge is -2.25. The van der Waals surface area contributed by atoms with E-state index in [0.717, 1.165) is 38.1 Å². The third-order valence-corrected chi connectivity index (χ3v) is 3.14. The van der Waals surface area contributed by atoms with Crippen molar-refractivity contribution in [3.8, 4) is 0 Å². The molecule has 1 unspecified atom stereocenters. The third-order valence-electron chi connectivity index (χ3n) is 3.14. The van der Waals surface area contributed by atoms with Crippen LogP contribution in [0.15, 0.2) is 12.4 Å². The Labute approximate surface area is 105 Å². The molecule has 0 spiro atoms. The number of aromatic nitrogens is 2. The van der Waals surface area contributed by atoms with E-state index in [9.17, 15) is 5.11 Å². The molecule has 1 heterocycles. The van der Waals surface area contributed by atoms with Gasteiger partial charge in [0.1, 0.15) is 5.82 Å². The largest absolute Gasteiger partial charge is 0.393 e. The predicted octanol–water partition coefficient (Wildman–Crippen LogP) is 3.02. The molecule has 1 atom stereocenters. The standard InChI is InChI=1S/C14H26N2O/c1-5-10-16-11-9-15-13(16)8-6-7-12(17)14(2,3)4/h9,11-12,17H,5-8,10H2,1-4H3. The van der Waals surface area contributed by atoms with Gasteiger partial charge in [-0.3, -0.25) is 0 Å². The quantitative estimate of drug-likeness (QED) is 0.827. The smallest absolute Gasteiger partial charge is 0.108 e. The molecule has 1 N–H and O–H groups in total. The van der Waals surface area contributed by atoms with Gasteiger partial charge in [-0.15, -0.1) is 0 Å². The molecule has 3 nitrogen and oxygen atoms in total. The van der Waals surface area contributed by atoms with Crippen LogP contribution in [-0.4, -0.2) is 20.8 Å². The molecule has 0 aromatic carbocycles. The maximum Gasteiger partial charge on any atom is 0.108 e. The van der Waals surface area contributed by atoms with Crippen molar-refractivity contribution < 1.29 is 5.11 Å². The van der Waals surface area contributed by atoms with Crippen LogP contribution in [0.1, 0.15) is 52.8 Å². The molecule has 0 aliphatic carbocycles. The zero-order valence-corrected chi connectivity index (χ0v) is 11.6. The first-order valence-corrected chi connectivity index (χ1v) is 6.63. The number of rotatable bonds is 6. The first-order valence-electron chi connectivity index (χ1n) is 6.63. The number of aliphatic hydroxyl groups is 1. The van der Waals surface area contributed by atoms with Gasteiger partial charge < -0.3 is 9.67 Å². The topological polar surface area (TPSA) is 38.0 Å². The van der Waals surface area contributed by atoms with Crippen LogP contribution in [0.2, 0.25) is 0 Å². The summed E-state index contributed by atoms with van der Waals surface area (Å²) >= 11 is 0. The molecule has 0 aliphatic heterocycles. The van der Waals surface area contributed by atoms with Crippen molar-refractivity contribution in [3.05, 3.63) is 18.2 Å². The van der Waals surface area contributed by atoms with E-state index in [-0.39, 0.29) is 11.5 Å². The van der Waals surface area contributed by atoms with E-state index in [0.29, 0.717) is 0 Å². The van der Waals surface area contributed by atoms with Crippen LogP contribution in [0.25, 0.3) is 0 Å². The highest BCUT2D eigenvalue weighted by Crippen LogP contribution is 2.23. The second-order valence-electron chi connectivity index (χ2n) is 5.81. The summed E-state index contributed by atoms with van der Waals surface area (Å²) in [7, 11) is 0. The lowest BCUT2D eigenvalue weighted by Crippen LogP contribution is -2.25. The molecule has 0 saturated heterocycles. The molecule has 0 radical (unpaired) electrons. The van der Waals surface area contributed by atoms with Crippen molar-refractivity contribution in [2.75, 3.05) is 0 Å². The molecule has 0 fully saturated rings. The van der Waals surface area contributed by atoms with Crippen LogP contribution in [0.4, 0.5) is 0 Å². The Bertz CT molecular complexity index is 325. The zero-order chi connectivity index (χ0) is 12.9. The highest BCUT2D eigenvalue weighted by Gasteiger charge is 2.21. The fourth-order valence-corrected chi connectivity index (χ4v) is 1.90. The summed E-state index contributed by atoms with van der Waals surface area (Å²) in [4.78, 5) is 4.38. The van der Waals surface area contributed by atoms with Crippen molar-refractivity contribution in [2.45, 2.75) is 66.0 Å². The van der Waals surface area contributed by atoms with Crippen molar-refractivity contribution in [3.63, 3.8) is 0 Å². The lowest BCUT2D eigenvalue weighted by atomic mass is 9.86. The molecule has 1 aromatic heterocycles. The Morgan fingerprint density at radius 1 is 1.41 bits per heavy atom. The lowest BCUT2D eigenvalue weighted by molar-refractivity contribution is 0.0539. The number of imidazole rings is 1.